The van der Waals surface area contributed by atoms with E-state index in [-0.39, 0.29) is 0 Å². The first-order valence-corrected chi connectivity index (χ1v) is 11.7. The van der Waals surface area contributed by atoms with E-state index in [1.54, 1.807) is 20.3 Å². The van der Waals surface area contributed by atoms with Crippen molar-refractivity contribution in [1.29, 1.82) is 0 Å². The van der Waals surface area contributed by atoms with Crippen LogP contribution in [0.25, 0.3) is 0 Å². The zero-order chi connectivity index (χ0) is 20.3. The highest BCUT2D eigenvalue weighted by Gasteiger charge is 2.44. The lowest BCUT2D eigenvalue weighted by Crippen LogP contribution is -2.56. The van der Waals surface area contributed by atoms with Gasteiger partial charge in [-0.15, -0.1) is 0 Å². The molecule has 1 aliphatic heterocycles. The van der Waals surface area contributed by atoms with E-state index in [9.17, 15) is 4.79 Å². The summed E-state index contributed by atoms with van der Waals surface area (Å²) in [5.41, 5.74) is 1.61. The fraction of sp³-hybridized carbons (Fsp3) is 0.381. The minimum atomic E-state index is -2.64. The van der Waals surface area contributed by atoms with Crippen LogP contribution in [-0.2, 0) is 11.0 Å². The van der Waals surface area contributed by atoms with Gasteiger partial charge in [0.2, 0.25) is 0 Å². The molecule has 150 valence electrons. The van der Waals surface area contributed by atoms with Gasteiger partial charge in [0, 0.05) is 5.56 Å². The van der Waals surface area contributed by atoms with E-state index in [4.69, 9.17) is 23.4 Å². The van der Waals surface area contributed by atoms with Crippen molar-refractivity contribution in [3.63, 3.8) is 0 Å². The number of fused-ring (bicyclic) bond motifs is 1. The van der Waals surface area contributed by atoms with Gasteiger partial charge in [-0.25, -0.2) is 0 Å². The van der Waals surface area contributed by atoms with Crippen molar-refractivity contribution in [2.75, 3.05) is 27.4 Å². The summed E-state index contributed by atoms with van der Waals surface area (Å²) in [5, 5.41) is 1.94. The zero-order valence-electron chi connectivity index (χ0n) is 17.0. The second kappa shape index (κ2) is 8.24. The number of methoxy groups -OCH3 is 2. The summed E-state index contributed by atoms with van der Waals surface area (Å²) >= 11 is 0. The monoisotopic (exact) mass is 402 g/mol. The van der Waals surface area contributed by atoms with E-state index < -0.39 is 8.32 Å². The molecular formula is C21H26O6Si. The molecule has 3 rings (SSSR count). The molecule has 2 aromatic carbocycles. The van der Waals surface area contributed by atoms with Gasteiger partial charge in [-0.3, -0.25) is 4.79 Å². The van der Waals surface area contributed by atoms with Gasteiger partial charge >= 0.3 is 0 Å². The summed E-state index contributed by atoms with van der Waals surface area (Å²) in [6.07, 6.45) is 0.847. The molecule has 0 bridgehead atoms. The fourth-order valence-electron chi connectivity index (χ4n) is 3.63. The van der Waals surface area contributed by atoms with Crippen LogP contribution in [0.4, 0.5) is 0 Å². The highest BCUT2D eigenvalue weighted by atomic mass is 28.4. The number of aldehydes is 1. The number of hydrogen-bond donors (Lipinski definition) is 0. The van der Waals surface area contributed by atoms with Gasteiger partial charge in [0.25, 0.3) is 8.32 Å². The Labute approximate surface area is 166 Å². The van der Waals surface area contributed by atoms with E-state index >= 15 is 0 Å². The number of benzene rings is 2. The largest absolute Gasteiger partial charge is 0.493 e. The number of carbonyl (C=O) groups excluding carboxylic acids is 1. The predicted octanol–water partition coefficient (Wildman–Crippen LogP) is 2.53. The molecule has 1 unspecified atom stereocenters. The third-order valence-corrected chi connectivity index (χ3v) is 8.67. The van der Waals surface area contributed by atoms with Crippen molar-refractivity contribution in [2.45, 2.75) is 27.0 Å². The lowest BCUT2D eigenvalue weighted by atomic mass is 10.2. The third kappa shape index (κ3) is 3.36. The second-order valence-electron chi connectivity index (χ2n) is 6.56. The van der Waals surface area contributed by atoms with E-state index in [0.29, 0.717) is 48.4 Å². The van der Waals surface area contributed by atoms with Gasteiger partial charge in [0.15, 0.2) is 23.0 Å². The van der Waals surface area contributed by atoms with Gasteiger partial charge in [-0.05, 0) is 60.6 Å². The molecule has 7 heteroatoms. The van der Waals surface area contributed by atoms with Gasteiger partial charge < -0.3 is 23.4 Å². The smallest absolute Gasteiger partial charge is 0.254 e. The summed E-state index contributed by atoms with van der Waals surface area (Å²) in [5.74, 6) is 2.50. The molecule has 0 N–H and O–H groups in total. The van der Waals surface area contributed by atoms with Crippen LogP contribution in [0.15, 0.2) is 24.3 Å². The first-order chi connectivity index (χ1) is 13.5. The molecule has 0 aromatic heterocycles. The molecule has 0 spiro atoms. The molecule has 1 atom stereocenters. The Kier molecular flexibility index (Phi) is 5.95. The summed E-state index contributed by atoms with van der Waals surface area (Å²) in [6, 6.07) is 7.57. The average molecular weight is 403 g/mol. The zero-order valence-corrected chi connectivity index (χ0v) is 18.0. The lowest BCUT2D eigenvalue weighted by molar-refractivity contribution is 0.112. The Morgan fingerprint density at radius 2 is 1.50 bits per heavy atom. The molecular weight excluding hydrogens is 376 g/mol. The first kappa shape index (κ1) is 20.2. The summed E-state index contributed by atoms with van der Waals surface area (Å²) in [4.78, 5) is 11.9. The molecule has 0 fully saturated rings. The standard InChI is InChI=1S/C21H26O6Si/c1-6-25-18-10-20(14(12-22)8-16(18)23-3)28(5)21-11-19(26-7-2)17(24-4)9-15(21)13-27-28/h8-12H,6-7,13H2,1-5H3. The van der Waals surface area contributed by atoms with Crippen molar-refractivity contribution >= 4 is 25.0 Å². The molecule has 28 heavy (non-hydrogen) atoms. The van der Waals surface area contributed by atoms with E-state index in [0.717, 1.165) is 22.2 Å². The highest BCUT2D eigenvalue weighted by molar-refractivity contribution is 6.98. The van der Waals surface area contributed by atoms with Crippen LogP contribution in [0.1, 0.15) is 29.8 Å². The lowest BCUT2D eigenvalue weighted by Gasteiger charge is -2.26. The maximum absolute atomic E-state index is 11.9. The second-order valence-corrected chi connectivity index (χ2v) is 9.99. The predicted molar refractivity (Wildman–Crippen MR) is 109 cm³/mol. The van der Waals surface area contributed by atoms with Crippen molar-refractivity contribution in [1.82, 2.24) is 0 Å². The maximum atomic E-state index is 11.9. The minimum Gasteiger partial charge on any atom is -0.493 e. The van der Waals surface area contributed by atoms with E-state index in [1.807, 2.05) is 32.0 Å². The molecule has 2 aromatic rings. The summed E-state index contributed by atoms with van der Waals surface area (Å²) in [7, 11) is 0.544. The summed E-state index contributed by atoms with van der Waals surface area (Å²) in [6.45, 7) is 7.43. The number of ether oxygens (including phenoxy) is 4. The molecule has 1 aliphatic rings. The normalized spacial score (nSPS) is 17.8. The van der Waals surface area contributed by atoms with E-state index in [1.165, 1.54) is 0 Å². The quantitative estimate of drug-likeness (QED) is 0.499. The van der Waals surface area contributed by atoms with Gasteiger partial charge in [-0.2, -0.15) is 0 Å². The minimum absolute atomic E-state index is 0.467. The maximum Gasteiger partial charge on any atom is 0.254 e. The Balaban J connectivity index is 2.19. The topological polar surface area (TPSA) is 63.2 Å². The Bertz CT molecular complexity index is 882. The van der Waals surface area contributed by atoms with Crippen LogP contribution in [0.5, 0.6) is 23.0 Å². The number of carbonyl (C=O) groups is 1. The van der Waals surface area contributed by atoms with Crippen molar-refractivity contribution in [2.24, 2.45) is 0 Å². The molecule has 6 nitrogen and oxygen atoms in total. The SMILES string of the molecule is CCOc1cc([Si]2(C)OCc3cc(OC)c(OCC)cc32)c(C=O)cc1OC. The van der Waals surface area contributed by atoms with Crippen LogP contribution >= 0.6 is 0 Å². The molecule has 0 saturated carbocycles. The van der Waals surface area contributed by atoms with Gasteiger partial charge in [-0.1, -0.05) is 0 Å². The Morgan fingerprint density at radius 3 is 2.04 bits per heavy atom. The van der Waals surface area contributed by atoms with E-state index in [2.05, 4.69) is 6.55 Å². The van der Waals surface area contributed by atoms with Crippen LogP contribution < -0.4 is 29.3 Å². The molecule has 1 heterocycles. The van der Waals surface area contributed by atoms with Crippen LogP contribution in [-0.4, -0.2) is 42.0 Å². The Hall–Kier alpha value is -2.51. The Morgan fingerprint density at radius 1 is 0.929 bits per heavy atom. The fourth-order valence-corrected chi connectivity index (χ4v) is 6.93. The van der Waals surface area contributed by atoms with Gasteiger partial charge in [0.1, 0.15) is 6.29 Å². The van der Waals surface area contributed by atoms with Crippen LogP contribution in [0.2, 0.25) is 6.55 Å². The average Bonchev–Trinajstić information content (AvgIpc) is 3.04. The molecule has 0 saturated heterocycles. The van der Waals surface area contributed by atoms with Crippen molar-refractivity contribution < 1.29 is 28.2 Å². The number of rotatable bonds is 8. The van der Waals surface area contributed by atoms with Crippen LogP contribution in [0, 0.1) is 0 Å². The van der Waals surface area contributed by atoms with Gasteiger partial charge in [0.05, 0.1) is 34.0 Å². The molecule has 0 amide bonds. The summed E-state index contributed by atoms with van der Waals surface area (Å²) < 4.78 is 28.7. The van der Waals surface area contributed by atoms with Crippen LogP contribution in [0.3, 0.4) is 0 Å². The number of hydrogen-bond acceptors (Lipinski definition) is 6. The van der Waals surface area contributed by atoms with Crippen molar-refractivity contribution in [3.8, 4) is 23.0 Å². The highest BCUT2D eigenvalue weighted by Crippen LogP contribution is 2.34. The molecule has 0 radical (unpaired) electrons. The third-order valence-electron chi connectivity index (χ3n) is 5.00. The first-order valence-electron chi connectivity index (χ1n) is 9.30. The van der Waals surface area contributed by atoms with Crippen molar-refractivity contribution in [3.05, 3.63) is 35.4 Å². The molecule has 0 aliphatic carbocycles.